The second-order valence-electron chi connectivity index (χ2n) is 5.57. The van der Waals surface area contributed by atoms with Gasteiger partial charge in [0.1, 0.15) is 0 Å². The monoisotopic (exact) mass is 296 g/mol. The topological polar surface area (TPSA) is 68.5 Å². The molecule has 0 aliphatic carbocycles. The fourth-order valence-electron chi connectivity index (χ4n) is 2.46. The first-order valence-electron chi connectivity index (χ1n) is 7.28. The number of nitrogens with zero attached hydrogens (tertiary/aromatic N) is 3. The van der Waals surface area contributed by atoms with Crippen molar-refractivity contribution in [1.82, 2.24) is 19.4 Å². The van der Waals surface area contributed by atoms with Crippen LogP contribution in [-0.2, 0) is 25.4 Å². The van der Waals surface area contributed by atoms with Crippen molar-refractivity contribution in [2.24, 2.45) is 14.1 Å². The smallest absolute Gasteiger partial charge is 0.330 e. The molecule has 7 nitrogen and oxygen atoms in total. The molecule has 1 fully saturated rings. The van der Waals surface area contributed by atoms with Crippen molar-refractivity contribution in [2.75, 3.05) is 32.8 Å². The summed E-state index contributed by atoms with van der Waals surface area (Å²) in [7, 11) is 3.17. The zero-order chi connectivity index (χ0) is 15.4. The van der Waals surface area contributed by atoms with E-state index in [0.717, 1.165) is 37.4 Å². The highest BCUT2D eigenvalue weighted by atomic mass is 16.5. The lowest BCUT2D eigenvalue weighted by molar-refractivity contribution is 0.0343. The van der Waals surface area contributed by atoms with Gasteiger partial charge in [0.25, 0.3) is 5.56 Å². The summed E-state index contributed by atoms with van der Waals surface area (Å²) >= 11 is 0. The van der Waals surface area contributed by atoms with Gasteiger partial charge in [-0.25, -0.2) is 4.79 Å². The standard InChI is InChI=1S/C14H24N4O3/c1-11(10-18-4-6-21-7-5-18)15-9-12-8-13(19)17(3)14(20)16(12)2/h8,11,15H,4-7,9-10H2,1-3H3. The number of hydrogen-bond donors (Lipinski definition) is 1. The van der Waals surface area contributed by atoms with Crippen molar-refractivity contribution in [1.29, 1.82) is 0 Å². The summed E-state index contributed by atoms with van der Waals surface area (Å²) in [5.74, 6) is 0. The Morgan fingerprint density at radius 1 is 1.24 bits per heavy atom. The van der Waals surface area contributed by atoms with E-state index in [4.69, 9.17) is 4.74 Å². The first-order valence-corrected chi connectivity index (χ1v) is 7.28. The Hall–Kier alpha value is -1.44. The molecule has 0 saturated carbocycles. The molecule has 1 saturated heterocycles. The Morgan fingerprint density at radius 3 is 2.57 bits per heavy atom. The van der Waals surface area contributed by atoms with Crippen LogP contribution in [0.2, 0.25) is 0 Å². The molecule has 1 aromatic rings. The molecule has 2 rings (SSSR count). The highest BCUT2D eigenvalue weighted by Gasteiger charge is 2.14. The first kappa shape index (κ1) is 15.9. The summed E-state index contributed by atoms with van der Waals surface area (Å²) in [5.41, 5.74) is 0.146. The zero-order valence-electron chi connectivity index (χ0n) is 13.0. The SMILES string of the molecule is CC(CN1CCOCC1)NCc1cc(=O)n(C)c(=O)n1C. The second-order valence-corrected chi connectivity index (χ2v) is 5.57. The van der Waals surface area contributed by atoms with Crippen LogP contribution in [0.15, 0.2) is 15.7 Å². The first-order chi connectivity index (χ1) is 9.99. The molecular formula is C14H24N4O3. The van der Waals surface area contributed by atoms with E-state index in [1.54, 1.807) is 7.05 Å². The number of morpholine rings is 1. The molecule has 2 heterocycles. The lowest BCUT2D eigenvalue weighted by Gasteiger charge is -2.29. The molecule has 0 bridgehead atoms. The van der Waals surface area contributed by atoms with Gasteiger partial charge < -0.3 is 10.1 Å². The van der Waals surface area contributed by atoms with E-state index in [-0.39, 0.29) is 17.3 Å². The van der Waals surface area contributed by atoms with E-state index in [1.807, 2.05) is 0 Å². The van der Waals surface area contributed by atoms with Crippen LogP contribution in [0.25, 0.3) is 0 Å². The molecule has 0 amide bonds. The minimum absolute atomic E-state index is 0.268. The maximum absolute atomic E-state index is 11.8. The zero-order valence-corrected chi connectivity index (χ0v) is 13.0. The van der Waals surface area contributed by atoms with Crippen molar-refractivity contribution in [3.63, 3.8) is 0 Å². The highest BCUT2D eigenvalue weighted by molar-refractivity contribution is 5.02. The fraction of sp³-hybridized carbons (Fsp3) is 0.714. The number of hydrogen-bond acceptors (Lipinski definition) is 5. The van der Waals surface area contributed by atoms with Crippen molar-refractivity contribution in [3.8, 4) is 0 Å². The molecule has 1 N–H and O–H groups in total. The van der Waals surface area contributed by atoms with Crippen LogP contribution in [0.1, 0.15) is 12.6 Å². The average molecular weight is 296 g/mol. The van der Waals surface area contributed by atoms with Crippen molar-refractivity contribution >= 4 is 0 Å². The lowest BCUT2D eigenvalue weighted by atomic mass is 10.2. The summed E-state index contributed by atoms with van der Waals surface area (Å²) in [6.07, 6.45) is 0. The van der Waals surface area contributed by atoms with Gasteiger partial charge in [0, 0.05) is 58.1 Å². The number of ether oxygens (including phenoxy) is 1. The van der Waals surface area contributed by atoms with E-state index in [9.17, 15) is 9.59 Å². The molecule has 1 unspecified atom stereocenters. The molecule has 0 spiro atoms. The van der Waals surface area contributed by atoms with Gasteiger partial charge in [0.05, 0.1) is 13.2 Å². The van der Waals surface area contributed by atoms with E-state index >= 15 is 0 Å². The molecule has 7 heteroatoms. The van der Waals surface area contributed by atoms with E-state index < -0.39 is 0 Å². The molecule has 118 valence electrons. The van der Waals surface area contributed by atoms with Crippen LogP contribution in [-0.4, -0.2) is 52.9 Å². The lowest BCUT2D eigenvalue weighted by Crippen LogP contribution is -2.45. The number of aromatic nitrogens is 2. The normalized spacial score (nSPS) is 17.9. The molecule has 1 aliphatic rings. The summed E-state index contributed by atoms with van der Waals surface area (Å²) in [5, 5.41) is 3.37. The summed E-state index contributed by atoms with van der Waals surface area (Å²) in [4.78, 5) is 25.9. The van der Waals surface area contributed by atoms with Gasteiger partial charge in [0.15, 0.2) is 0 Å². The molecular weight excluding hydrogens is 272 g/mol. The maximum Gasteiger partial charge on any atom is 0.330 e. The van der Waals surface area contributed by atoms with Crippen molar-refractivity contribution < 1.29 is 4.74 Å². The molecule has 0 aromatic carbocycles. The van der Waals surface area contributed by atoms with Crippen LogP contribution in [0.5, 0.6) is 0 Å². The average Bonchev–Trinajstić information content (AvgIpc) is 2.48. The second kappa shape index (κ2) is 7.02. The molecule has 0 radical (unpaired) electrons. The van der Waals surface area contributed by atoms with Crippen LogP contribution in [0.4, 0.5) is 0 Å². The van der Waals surface area contributed by atoms with Gasteiger partial charge in [-0.1, -0.05) is 0 Å². The van der Waals surface area contributed by atoms with Crippen LogP contribution in [0, 0.1) is 0 Å². The number of nitrogens with one attached hydrogen (secondary N) is 1. The van der Waals surface area contributed by atoms with Gasteiger partial charge in [0.2, 0.25) is 0 Å². The van der Waals surface area contributed by atoms with Gasteiger partial charge in [-0.3, -0.25) is 18.8 Å². The van der Waals surface area contributed by atoms with Gasteiger partial charge in [-0.15, -0.1) is 0 Å². The summed E-state index contributed by atoms with van der Waals surface area (Å²) in [6.45, 7) is 7.03. The van der Waals surface area contributed by atoms with Gasteiger partial charge in [-0.2, -0.15) is 0 Å². The largest absolute Gasteiger partial charge is 0.379 e. The van der Waals surface area contributed by atoms with E-state index in [2.05, 4.69) is 17.1 Å². The molecule has 1 atom stereocenters. The molecule has 1 aromatic heterocycles. The Kier molecular flexibility index (Phi) is 5.33. The predicted molar refractivity (Wildman–Crippen MR) is 80.5 cm³/mol. The minimum Gasteiger partial charge on any atom is -0.379 e. The predicted octanol–water partition coefficient (Wildman–Crippen LogP) is -1.11. The number of rotatable bonds is 5. The Morgan fingerprint density at radius 2 is 1.90 bits per heavy atom. The summed E-state index contributed by atoms with van der Waals surface area (Å²) < 4.78 is 7.95. The van der Waals surface area contributed by atoms with Crippen LogP contribution in [0.3, 0.4) is 0 Å². The van der Waals surface area contributed by atoms with E-state index in [1.165, 1.54) is 17.7 Å². The molecule has 21 heavy (non-hydrogen) atoms. The Bertz CT molecular complexity index is 587. The van der Waals surface area contributed by atoms with Crippen molar-refractivity contribution in [3.05, 3.63) is 32.6 Å². The minimum atomic E-state index is -0.292. The third-order valence-electron chi connectivity index (χ3n) is 3.89. The van der Waals surface area contributed by atoms with Gasteiger partial charge in [-0.05, 0) is 6.92 Å². The van der Waals surface area contributed by atoms with Gasteiger partial charge >= 0.3 is 5.69 Å². The molecule has 1 aliphatic heterocycles. The van der Waals surface area contributed by atoms with Crippen molar-refractivity contribution in [2.45, 2.75) is 19.5 Å². The van der Waals surface area contributed by atoms with Crippen LogP contribution < -0.4 is 16.6 Å². The Balaban J connectivity index is 1.93. The van der Waals surface area contributed by atoms with E-state index in [0.29, 0.717) is 12.2 Å². The quantitative estimate of drug-likeness (QED) is 0.746. The third kappa shape index (κ3) is 4.03. The third-order valence-corrected chi connectivity index (χ3v) is 3.89. The van der Waals surface area contributed by atoms with Crippen LogP contribution >= 0.6 is 0 Å². The maximum atomic E-state index is 11.8. The summed E-state index contributed by atoms with van der Waals surface area (Å²) in [6, 6.07) is 1.79. The Labute approximate surface area is 124 Å². The fourth-order valence-corrected chi connectivity index (χ4v) is 2.46. The highest BCUT2D eigenvalue weighted by Crippen LogP contribution is 1.99.